The molecule has 114 valence electrons. The molecule has 0 saturated carbocycles. The summed E-state index contributed by atoms with van der Waals surface area (Å²) in [5.74, 6) is 0. The molecule has 0 radical (unpaired) electrons. The predicted octanol–water partition coefficient (Wildman–Crippen LogP) is 3.23. The van der Waals surface area contributed by atoms with Crippen LogP contribution >= 0.6 is 23.6 Å². The quantitative estimate of drug-likeness (QED) is 0.511. The Labute approximate surface area is 132 Å². The zero-order chi connectivity index (χ0) is 15.2. The molecule has 2 rings (SSSR count). The third kappa shape index (κ3) is 4.52. The Kier molecular flexibility index (Phi) is 5.72. The van der Waals surface area contributed by atoms with Crippen LogP contribution in [-0.2, 0) is 9.47 Å². The van der Waals surface area contributed by atoms with E-state index in [4.69, 9.17) is 21.7 Å². The van der Waals surface area contributed by atoms with Gasteiger partial charge in [0.25, 0.3) is 0 Å². The molecule has 0 aliphatic carbocycles. The first-order chi connectivity index (χ1) is 10.1. The number of hydrogen-bond acceptors (Lipinski definition) is 6. The van der Waals surface area contributed by atoms with Crippen molar-refractivity contribution < 1.29 is 14.3 Å². The molecule has 1 aromatic rings. The van der Waals surface area contributed by atoms with E-state index in [0.717, 1.165) is 22.6 Å². The second-order valence-corrected chi connectivity index (χ2v) is 6.30. The second-order valence-electron chi connectivity index (χ2n) is 4.75. The van der Waals surface area contributed by atoms with Crippen LogP contribution < -0.4 is 0 Å². The van der Waals surface area contributed by atoms with Gasteiger partial charge in [0.2, 0.25) is 0 Å². The number of thiazole rings is 1. The normalized spacial score (nSPS) is 18.9. The van der Waals surface area contributed by atoms with E-state index in [1.807, 2.05) is 12.4 Å². The van der Waals surface area contributed by atoms with E-state index in [0.29, 0.717) is 6.61 Å². The third-order valence-electron chi connectivity index (χ3n) is 3.28. The van der Waals surface area contributed by atoms with E-state index < -0.39 is 6.16 Å². The van der Waals surface area contributed by atoms with Crippen molar-refractivity contribution in [3.63, 3.8) is 0 Å². The molecule has 0 bridgehead atoms. The highest BCUT2D eigenvalue weighted by molar-refractivity contribution is 7.73. The Hall–Kier alpha value is -1.44. The van der Waals surface area contributed by atoms with Crippen molar-refractivity contribution >= 4 is 35.3 Å². The molecule has 0 fully saturated rings. The summed E-state index contributed by atoms with van der Waals surface area (Å²) in [6.45, 7) is 4.75. The van der Waals surface area contributed by atoms with Crippen LogP contribution in [0.2, 0.25) is 0 Å². The van der Waals surface area contributed by atoms with Crippen molar-refractivity contribution in [1.82, 2.24) is 9.88 Å². The van der Waals surface area contributed by atoms with E-state index in [9.17, 15) is 4.79 Å². The summed E-state index contributed by atoms with van der Waals surface area (Å²) >= 11 is 6.63. The van der Waals surface area contributed by atoms with Gasteiger partial charge in [-0.15, -0.1) is 11.3 Å². The average molecular weight is 326 g/mol. The summed E-state index contributed by atoms with van der Waals surface area (Å²) in [4.78, 5) is 16.7. The highest BCUT2D eigenvalue weighted by atomic mass is 32.1. The number of nitrogens with one attached hydrogen (secondary N) is 1. The van der Waals surface area contributed by atoms with Gasteiger partial charge in [0.1, 0.15) is 13.2 Å². The molecule has 0 aromatic carbocycles. The molecule has 21 heavy (non-hydrogen) atoms. The number of ether oxygens (including phenoxy) is 2. The Morgan fingerprint density at radius 3 is 3.14 bits per heavy atom. The first kappa shape index (κ1) is 15.9. The lowest BCUT2D eigenvalue weighted by Gasteiger charge is -2.31. The molecule has 0 amide bonds. The van der Waals surface area contributed by atoms with E-state index in [2.05, 4.69) is 22.5 Å². The Balaban J connectivity index is 1.92. The summed E-state index contributed by atoms with van der Waals surface area (Å²) in [5, 5.41) is 2.02. The van der Waals surface area contributed by atoms with Crippen LogP contribution in [0.3, 0.4) is 0 Å². The minimum Gasteiger partial charge on any atom is -0.433 e. The molecule has 2 heterocycles. The molecule has 1 aromatic heterocycles. The molecule has 0 unspecified atom stereocenters. The molecular formula is C14H18N2O3S2. The summed E-state index contributed by atoms with van der Waals surface area (Å²) in [5.41, 5.74) is 2.26. The number of aromatic amines is 1. The maximum atomic E-state index is 11.4. The average Bonchev–Trinajstić information content (AvgIpc) is 2.90. The van der Waals surface area contributed by atoms with Crippen LogP contribution in [0, 0.1) is 3.95 Å². The lowest BCUT2D eigenvalue weighted by molar-refractivity contribution is 0.0427. The number of carbonyl (C=O) groups is 1. The van der Waals surface area contributed by atoms with Gasteiger partial charge in [0.05, 0.1) is 5.69 Å². The van der Waals surface area contributed by atoms with E-state index >= 15 is 0 Å². The number of aromatic nitrogens is 1. The maximum Gasteiger partial charge on any atom is 0.508 e. The fourth-order valence-corrected chi connectivity index (χ4v) is 2.93. The topological polar surface area (TPSA) is 54.6 Å². The summed E-state index contributed by atoms with van der Waals surface area (Å²) < 4.78 is 10.7. The third-order valence-corrected chi connectivity index (χ3v) is 4.34. The minimum atomic E-state index is -0.658. The fraction of sp³-hybridized carbons (Fsp3) is 0.429. The van der Waals surface area contributed by atoms with Gasteiger partial charge in [-0.2, -0.15) is 0 Å². The zero-order valence-electron chi connectivity index (χ0n) is 11.8. The summed E-state index contributed by atoms with van der Waals surface area (Å²) in [7, 11) is 2.01. The number of nitrogens with zero attached hydrogens (tertiary/aromatic N) is 1. The minimum absolute atomic E-state index is 0.128. The van der Waals surface area contributed by atoms with Crippen molar-refractivity contribution in [2.45, 2.75) is 12.5 Å². The number of likely N-dealkylation sites (N-methyl/N-ethyl adjacent to an activating group) is 1. The van der Waals surface area contributed by atoms with E-state index in [1.54, 1.807) is 0 Å². The summed E-state index contributed by atoms with van der Waals surface area (Å²) in [6.07, 6.45) is 3.81. The molecule has 7 heteroatoms. The van der Waals surface area contributed by atoms with Gasteiger partial charge in [0.15, 0.2) is 3.95 Å². The lowest BCUT2D eigenvalue weighted by Crippen LogP contribution is -2.39. The number of H-pyrrole nitrogens is 1. The maximum absolute atomic E-state index is 11.4. The SMILES string of the molecule is C=CCOC(=O)OC[C@@H]1CC(c2csc(=S)[nH]2)=CCN1C. The van der Waals surface area contributed by atoms with Gasteiger partial charge in [-0.05, 0) is 31.3 Å². The molecule has 0 saturated heterocycles. The van der Waals surface area contributed by atoms with Crippen LogP contribution in [-0.4, -0.2) is 48.9 Å². The standard InChI is InChI=1S/C14H18N2O3S2/c1-3-6-18-14(17)19-8-11-7-10(4-5-16(11)2)12-9-21-13(20)15-12/h3-4,9,11H,1,5-8H2,2H3,(H,15,20)/t11-/m0/s1. The molecule has 5 nitrogen and oxygen atoms in total. The Bertz CT molecular complexity index is 591. The zero-order valence-corrected chi connectivity index (χ0v) is 13.5. The smallest absolute Gasteiger partial charge is 0.433 e. The fourth-order valence-electron chi connectivity index (χ4n) is 2.07. The predicted molar refractivity (Wildman–Crippen MR) is 86.0 cm³/mol. The molecule has 1 N–H and O–H groups in total. The summed E-state index contributed by atoms with van der Waals surface area (Å²) in [6, 6.07) is 0.128. The van der Waals surface area contributed by atoms with Crippen molar-refractivity contribution in [3.05, 3.63) is 33.8 Å². The van der Waals surface area contributed by atoms with Crippen molar-refractivity contribution in [3.8, 4) is 0 Å². The van der Waals surface area contributed by atoms with Crippen LogP contribution in [0.15, 0.2) is 24.1 Å². The van der Waals surface area contributed by atoms with Gasteiger partial charge >= 0.3 is 6.16 Å². The van der Waals surface area contributed by atoms with Crippen LogP contribution in [0.1, 0.15) is 12.1 Å². The van der Waals surface area contributed by atoms with E-state index in [1.165, 1.54) is 23.0 Å². The lowest BCUT2D eigenvalue weighted by atomic mass is 9.99. The number of hydrogen-bond donors (Lipinski definition) is 1. The first-order valence-corrected chi connectivity index (χ1v) is 7.87. The van der Waals surface area contributed by atoms with Crippen molar-refractivity contribution in [2.24, 2.45) is 0 Å². The van der Waals surface area contributed by atoms with Gasteiger partial charge in [-0.25, -0.2) is 4.79 Å². The Morgan fingerprint density at radius 1 is 1.67 bits per heavy atom. The number of carbonyl (C=O) groups excluding carboxylic acids is 1. The van der Waals surface area contributed by atoms with Crippen LogP contribution in [0.25, 0.3) is 5.57 Å². The van der Waals surface area contributed by atoms with Crippen molar-refractivity contribution in [1.29, 1.82) is 0 Å². The molecule has 0 spiro atoms. The molecule has 1 aliphatic rings. The number of rotatable bonds is 5. The van der Waals surface area contributed by atoms with Gasteiger partial charge in [-0.3, -0.25) is 4.90 Å². The highest BCUT2D eigenvalue weighted by Gasteiger charge is 2.23. The first-order valence-electron chi connectivity index (χ1n) is 6.58. The monoisotopic (exact) mass is 326 g/mol. The molecular weight excluding hydrogens is 308 g/mol. The largest absolute Gasteiger partial charge is 0.508 e. The van der Waals surface area contributed by atoms with Crippen molar-refractivity contribution in [2.75, 3.05) is 26.8 Å². The highest BCUT2D eigenvalue weighted by Crippen LogP contribution is 2.26. The second kappa shape index (κ2) is 7.53. The van der Waals surface area contributed by atoms with Crippen LogP contribution in [0.4, 0.5) is 4.79 Å². The van der Waals surface area contributed by atoms with Gasteiger partial charge < -0.3 is 14.5 Å². The molecule has 1 atom stereocenters. The Morgan fingerprint density at radius 2 is 2.48 bits per heavy atom. The van der Waals surface area contributed by atoms with E-state index in [-0.39, 0.29) is 12.6 Å². The van der Waals surface area contributed by atoms with Gasteiger partial charge in [0, 0.05) is 18.0 Å². The van der Waals surface area contributed by atoms with Gasteiger partial charge in [-0.1, -0.05) is 18.7 Å². The molecule has 1 aliphatic heterocycles. The van der Waals surface area contributed by atoms with Crippen LogP contribution in [0.5, 0.6) is 0 Å².